The third-order valence-corrected chi connectivity index (χ3v) is 2.58. The Kier molecular flexibility index (Phi) is 5.11. The monoisotopic (exact) mass is 262 g/mol. The van der Waals surface area contributed by atoms with Crippen molar-refractivity contribution >= 4 is 18.1 Å². The molecular weight excluding hydrogens is 244 g/mol. The molecule has 0 saturated heterocycles. The second-order valence-electron chi connectivity index (χ2n) is 4.41. The fourth-order valence-corrected chi connectivity index (χ4v) is 1.50. The lowest BCUT2D eigenvalue weighted by molar-refractivity contribution is -0.131. The van der Waals surface area contributed by atoms with E-state index in [-0.39, 0.29) is 12.1 Å². The van der Waals surface area contributed by atoms with Gasteiger partial charge in [0.25, 0.3) is 0 Å². The van der Waals surface area contributed by atoms with Gasteiger partial charge < -0.3 is 15.3 Å². The quantitative estimate of drug-likeness (QED) is 0.816. The molecule has 102 valence electrons. The fraction of sp³-hybridized carbons (Fsp3) is 0.286. The number of carbonyl (C=O) groups excluding carboxylic acids is 1. The molecule has 1 unspecified atom stereocenters. The molecular formula is C14H18N2O3. The first-order chi connectivity index (χ1) is 8.90. The first-order valence-electron chi connectivity index (χ1n) is 5.89. The van der Waals surface area contributed by atoms with Gasteiger partial charge in [0.1, 0.15) is 0 Å². The van der Waals surface area contributed by atoms with Crippen molar-refractivity contribution in [3.05, 3.63) is 41.5 Å². The molecule has 1 aromatic rings. The highest BCUT2D eigenvalue weighted by atomic mass is 16.4. The van der Waals surface area contributed by atoms with E-state index in [9.17, 15) is 9.59 Å². The van der Waals surface area contributed by atoms with Gasteiger partial charge in [0.05, 0.1) is 6.04 Å². The van der Waals surface area contributed by atoms with Gasteiger partial charge in [-0.15, -0.1) is 0 Å². The van der Waals surface area contributed by atoms with Crippen molar-refractivity contribution in [3.63, 3.8) is 0 Å². The van der Waals surface area contributed by atoms with Gasteiger partial charge in [-0.1, -0.05) is 18.2 Å². The molecule has 1 aromatic carbocycles. The number of rotatable bonds is 4. The summed E-state index contributed by atoms with van der Waals surface area (Å²) in [5.74, 6) is -0.987. The molecule has 0 bridgehead atoms. The Morgan fingerprint density at radius 2 is 2.05 bits per heavy atom. The number of nitrogens with zero attached hydrogens (tertiary/aromatic N) is 1. The Balaban J connectivity index is 2.81. The number of hydrogen-bond donors (Lipinski definition) is 2. The minimum absolute atomic E-state index is 0.145. The summed E-state index contributed by atoms with van der Waals surface area (Å²) in [7, 11) is 3.35. The molecule has 19 heavy (non-hydrogen) atoms. The Hall–Kier alpha value is -2.30. The molecule has 0 spiro atoms. The minimum atomic E-state index is -0.987. The van der Waals surface area contributed by atoms with Crippen LogP contribution < -0.4 is 5.32 Å². The van der Waals surface area contributed by atoms with Crippen LogP contribution >= 0.6 is 0 Å². The molecule has 0 aliphatic rings. The summed E-state index contributed by atoms with van der Waals surface area (Å²) in [4.78, 5) is 23.5. The average Bonchev–Trinajstić information content (AvgIpc) is 2.36. The van der Waals surface area contributed by atoms with Crippen molar-refractivity contribution in [2.24, 2.45) is 0 Å². The van der Waals surface area contributed by atoms with Crippen LogP contribution in [-0.2, 0) is 4.79 Å². The predicted molar refractivity (Wildman–Crippen MR) is 73.7 cm³/mol. The van der Waals surface area contributed by atoms with Crippen LogP contribution in [0.25, 0.3) is 6.08 Å². The number of carbonyl (C=O) groups is 2. The van der Waals surface area contributed by atoms with Crippen LogP contribution in [0.15, 0.2) is 30.3 Å². The zero-order valence-electron chi connectivity index (χ0n) is 11.3. The van der Waals surface area contributed by atoms with E-state index in [1.165, 1.54) is 11.0 Å². The summed E-state index contributed by atoms with van der Waals surface area (Å²) in [6.07, 6.45) is 2.61. The lowest BCUT2D eigenvalue weighted by atomic mass is 10.0. The first kappa shape index (κ1) is 14.8. The molecule has 1 rings (SSSR count). The van der Waals surface area contributed by atoms with E-state index in [2.05, 4.69) is 5.32 Å². The van der Waals surface area contributed by atoms with Crippen LogP contribution in [0.2, 0.25) is 0 Å². The summed E-state index contributed by atoms with van der Waals surface area (Å²) in [5, 5.41) is 11.4. The van der Waals surface area contributed by atoms with Gasteiger partial charge in [0.2, 0.25) is 0 Å². The van der Waals surface area contributed by atoms with E-state index in [1.54, 1.807) is 14.1 Å². The Morgan fingerprint density at radius 3 is 2.63 bits per heavy atom. The molecule has 0 aromatic heterocycles. The van der Waals surface area contributed by atoms with Gasteiger partial charge in [-0.05, 0) is 30.2 Å². The summed E-state index contributed by atoms with van der Waals surface area (Å²) in [6.45, 7) is 1.88. The summed E-state index contributed by atoms with van der Waals surface area (Å²) in [5.41, 5.74) is 1.70. The number of aliphatic carboxylic acids is 1. The number of benzene rings is 1. The fourth-order valence-electron chi connectivity index (χ4n) is 1.50. The van der Waals surface area contributed by atoms with Crippen molar-refractivity contribution in [1.82, 2.24) is 10.2 Å². The zero-order chi connectivity index (χ0) is 14.4. The molecule has 5 nitrogen and oxygen atoms in total. The summed E-state index contributed by atoms with van der Waals surface area (Å²) in [6, 6.07) is 7.06. The van der Waals surface area contributed by atoms with Gasteiger partial charge in [0.15, 0.2) is 0 Å². The highest BCUT2D eigenvalue weighted by molar-refractivity contribution is 5.85. The second kappa shape index (κ2) is 6.58. The average molecular weight is 262 g/mol. The second-order valence-corrected chi connectivity index (χ2v) is 4.41. The van der Waals surface area contributed by atoms with Gasteiger partial charge >= 0.3 is 12.0 Å². The van der Waals surface area contributed by atoms with Crippen LogP contribution in [0.1, 0.15) is 24.1 Å². The normalized spacial score (nSPS) is 12.2. The lowest BCUT2D eigenvalue weighted by Crippen LogP contribution is -2.36. The Morgan fingerprint density at radius 1 is 1.37 bits per heavy atom. The smallest absolute Gasteiger partial charge is 0.328 e. The molecule has 0 aliphatic carbocycles. The topological polar surface area (TPSA) is 69.6 Å². The Bertz CT molecular complexity index is 495. The van der Waals surface area contributed by atoms with Gasteiger partial charge in [-0.25, -0.2) is 9.59 Å². The van der Waals surface area contributed by atoms with Crippen LogP contribution in [0.3, 0.4) is 0 Å². The summed E-state index contributed by atoms with van der Waals surface area (Å²) < 4.78 is 0. The molecule has 0 heterocycles. The number of urea groups is 1. The Labute approximate surface area is 112 Å². The number of nitrogens with one attached hydrogen (secondary N) is 1. The maximum Gasteiger partial charge on any atom is 0.328 e. The first-order valence-corrected chi connectivity index (χ1v) is 5.89. The third kappa shape index (κ3) is 4.83. The summed E-state index contributed by atoms with van der Waals surface area (Å²) >= 11 is 0. The molecule has 0 radical (unpaired) electrons. The van der Waals surface area contributed by atoms with Gasteiger partial charge in [0, 0.05) is 20.2 Å². The van der Waals surface area contributed by atoms with Crippen molar-refractivity contribution in [2.45, 2.75) is 13.0 Å². The van der Waals surface area contributed by atoms with E-state index in [0.717, 1.165) is 17.2 Å². The standard InChI is InChI=1S/C14H18N2O3/c1-10(15-14(19)16(2)3)12-6-4-5-11(9-12)7-8-13(17)18/h4-10H,1-3H3,(H,15,19)(H,17,18). The third-order valence-electron chi connectivity index (χ3n) is 2.58. The highest BCUT2D eigenvalue weighted by Crippen LogP contribution is 2.15. The highest BCUT2D eigenvalue weighted by Gasteiger charge is 2.10. The largest absolute Gasteiger partial charge is 0.478 e. The number of carboxylic acids is 1. The maximum absolute atomic E-state index is 11.5. The van der Waals surface area contributed by atoms with E-state index in [4.69, 9.17) is 5.11 Å². The van der Waals surface area contributed by atoms with Crippen LogP contribution in [0.5, 0.6) is 0 Å². The van der Waals surface area contributed by atoms with E-state index in [1.807, 2.05) is 31.2 Å². The van der Waals surface area contributed by atoms with Crippen LogP contribution in [-0.4, -0.2) is 36.1 Å². The zero-order valence-corrected chi connectivity index (χ0v) is 11.3. The number of hydrogen-bond acceptors (Lipinski definition) is 2. The molecule has 0 fully saturated rings. The van der Waals surface area contributed by atoms with E-state index < -0.39 is 5.97 Å². The maximum atomic E-state index is 11.5. The molecule has 2 N–H and O–H groups in total. The SMILES string of the molecule is CC(NC(=O)N(C)C)c1cccc(C=CC(=O)O)c1. The van der Waals surface area contributed by atoms with Crippen molar-refractivity contribution in [1.29, 1.82) is 0 Å². The molecule has 1 atom stereocenters. The van der Waals surface area contributed by atoms with Crippen LogP contribution in [0, 0.1) is 0 Å². The molecule has 0 saturated carbocycles. The van der Waals surface area contributed by atoms with E-state index in [0.29, 0.717) is 0 Å². The van der Waals surface area contributed by atoms with Crippen LogP contribution in [0.4, 0.5) is 4.79 Å². The van der Waals surface area contributed by atoms with Crippen molar-refractivity contribution in [2.75, 3.05) is 14.1 Å². The number of carboxylic acid groups (broad SMARTS) is 1. The number of amides is 2. The van der Waals surface area contributed by atoms with Crippen molar-refractivity contribution in [3.8, 4) is 0 Å². The minimum Gasteiger partial charge on any atom is -0.478 e. The molecule has 0 aliphatic heterocycles. The van der Waals surface area contributed by atoms with E-state index >= 15 is 0 Å². The van der Waals surface area contributed by atoms with Gasteiger partial charge in [-0.2, -0.15) is 0 Å². The predicted octanol–water partition coefficient (Wildman–Crippen LogP) is 2.12. The molecule has 5 heteroatoms. The van der Waals surface area contributed by atoms with Crippen molar-refractivity contribution < 1.29 is 14.7 Å². The van der Waals surface area contributed by atoms with Gasteiger partial charge in [-0.3, -0.25) is 0 Å². The molecule has 2 amide bonds. The lowest BCUT2D eigenvalue weighted by Gasteiger charge is -2.18.